The number of hydrogen-bond donors (Lipinski definition) is 0. The zero-order valence-electron chi connectivity index (χ0n) is 11.6. The molecule has 0 bridgehead atoms. The van der Waals surface area contributed by atoms with Gasteiger partial charge in [0.25, 0.3) is 0 Å². The molecule has 1 aliphatic heterocycles. The summed E-state index contributed by atoms with van der Waals surface area (Å²) in [5.74, 6) is 0.732. The summed E-state index contributed by atoms with van der Waals surface area (Å²) in [6.45, 7) is 3.32. The number of nitrogens with zero attached hydrogens (tertiary/aromatic N) is 3. The van der Waals surface area contributed by atoms with E-state index in [-0.39, 0.29) is 0 Å². The average molecular weight is 285 g/mol. The highest BCUT2D eigenvalue weighted by Crippen LogP contribution is 2.41. The van der Waals surface area contributed by atoms with Gasteiger partial charge in [0.2, 0.25) is 0 Å². The lowest BCUT2D eigenvalue weighted by atomic mass is 10.0. The molecule has 3 nitrogen and oxygen atoms in total. The van der Waals surface area contributed by atoms with E-state index in [2.05, 4.69) is 31.7 Å². The zero-order chi connectivity index (χ0) is 13.4. The molecule has 0 amide bonds. The molecule has 4 heteroatoms. The molecule has 1 aliphatic carbocycles. The van der Waals surface area contributed by atoms with Gasteiger partial charge in [-0.2, -0.15) is 11.3 Å². The predicted molar refractivity (Wildman–Crippen MR) is 81.0 cm³/mol. The summed E-state index contributed by atoms with van der Waals surface area (Å²) in [6.07, 6.45) is 6.61. The van der Waals surface area contributed by atoms with Crippen molar-refractivity contribution in [1.29, 1.82) is 0 Å². The van der Waals surface area contributed by atoms with Crippen molar-refractivity contribution < 1.29 is 0 Å². The smallest absolute Gasteiger partial charge is 0.115 e. The average Bonchev–Trinajstić information content (AvgIpc) is 3.22. The van der Waals surface area contributed by atoms with Crippen molar-refractivity contribution in [3.63, 3.8) is 0 Å². The topological polar surface area (TPSA) is 29.0 Å². The van der Waals surface area contributed by atoms with E-state index in [1.54, 1.807) is 17.7 Å². The second-order valence-corrected chi connectivity index (χ2v) is 6.65. The van der Waals surface area contributed by atoms with Gasteiger partial charge in [0.05, 0.1) is 5.69 Å². The third kappa shape index (κ3) is 2.50. The van der Waals surface area contributed by atoms with Crippen molar-refractivity contribution in [3.05, 3.63) is 45.7 Å². The normalized spacial score (nSPS) is 19.6. The maximum absolute atomic E-state index is 4.57. The van der Waals surface area contributed by atoms with Crippen molar-refractivity contribution in [1.82, 2.24) is 14.9 Å². The van der Waals surface area contributed by atoms with Gasteiger partial charge in [-0.3, -0.25) is 4.90 Å². The minimum Gasteiger partial charge on any atom is -0.298 e. The Morgan fingerprint density at radius 3 is 2.90 bits per heavy atom. The lowest BCUT2D eigenvalue weighted by Crippen LogP contribution is -2.25. The molecule has 1 saturated carbocycles. The van der Waals surface area contributed by atoms with Crippen LogP contribution in [0.5, 0.6) is 0 Å². The minimum atomic E-state index is 0.732. The molecule has 0 unspecified atom stereocenters. The monoisotopic (exact) mass is 285 g/mol. The Kier molecular flexibility index (Phi) is 3.28. The predicted octanol–water partition coefficient (Wildman–Crippen LogP) is 3.02. The third-order valence-corrected chi connectivity index (χ3v) is 5.09. The largest absolute Gasteiger partial charge is 0.298 e. The van der Waals surface area contributed by atoms with Crippen LogP contribution < -0.4 is 0 Å². The van der Waals surface area contributed by atoms with Crippen LogP contribution in [-0.4, -0.2) is 28.0 Å². The van der Waals surface area contributed by atoms with Crippen LogP contribution in [0.4, 0.5) is 0 Å². The van der Waals surface area contributed by atoms with Gasteiger partial charge in [-0.1, -0.05) is 0 Å². The highest BCUT2D eigenvalue weighted by Gasteiger charge is 2.29. The van der Waals surface area contributed by atoms with Gasteiger partial charge in [0.15, 0.2) is 0 Å². The number of aromatic nitrogens is 2. The Morgan fingerprint density at radius 2 is 2.10 bits per heavy atom. The molecule has 104 valence electrons. The van der Waals surface area contributed by atoms with Gasteiger partial charge in [-0.15, -0.1) is 0 Å². The Bertz CT molecular complexity index is 590. The van der Waals surface area contributed by atoms with E-state index in [1.165, 1.54) is 35.4 Å². The first-order valence-corrected chi connectivity index (χ1v) is 8.40. The maximum Gasteiger partial charge on any atom is 0.115 e. The molecule has 0 aromatic carbocycles. The fourth-order valence-corrected chi connectivity index (χ4v) is 3.77. The molecule has 1 fully saturated rings. The molecule has 0 N–H and O–H groups in total. The van der Waals surface area contributed by atoms with Gasteiger partial charge in [0, 0.05) is 37.7 Å². The third-order valence-electron chi connectivity index (χ3n) is 4.36. The second kappa shape index (κ2) is 5.26. The summed E-state index contributed by atoms with van der Waals surface area (Å²) >= 11 is 1.79. The summed E-state index contributed by atoms with van der Waals surface area (Å²) < 4.78 is 0. The molecule has 3 heterocycles. The van der Waals surface area contributed by atoms with Gasteiger partial charge < -0.3 is 0 Å². The quantitative estimate of drug-likeness (QED) is 0.868. The Hall–Kier alpha value is -1.26. The van der Waals surface area contributed by atoms with Crippen LogP contribution in [0.25, 0.3) is 0 Å². The Labute approximate surface area is 123 Å². The SMILES string of the molecule is c1nc2c(c(C3CC3)n1)CCN(Cc1ccsc1)CC2. The number of fused-ring (bicyclic) bond motifs is 1. The van der Waals surface area contributed by atoms with Crippen LogP contribution in [0.1, 0.15) is 41.3 Å². The van der Waals surface area contributed by atoms with Crippen LogP contribution >= 0.6 is 11.3 Å². The Balaban J connectivity index is 1.52. The van der Waals surface area contributed by atoms with E-state index < -0.39 is 0 Å². The van der Waals surface area contributed by atoms with Gasteiger partial charge >= 0.3 is 0 Å². The molecule has 0 spiro atoms. The van der Waals surface area contributed by atoms with Crippen molar-refractivity contribution in [3.8, 4) is 0 Å². The molecule has 2 aliphatic rings. The fraction of sp³-hybridized carbons (Fsp3) is 0.500. The minimum absolute atomic E-state index is 0.732. The molecule has 2 aromatic heterocycles. The number of thiophene rings is 1. The van der Waals surface area contributed by atoms with E-state index in [9.17, 15) is 0 Å². The fourth-order valence-electron chi connectivity index (χ4n) is 3.11. The standard InChI is InChI=1S/C16H19N3S/c1-2-13(1)16-14-3-6-19(9-12-5-8-20-10-12)7-4-15(14)17-11-18-16/h5,8,10-11,13H,1-4,6-7,9H2. The molecule has 0 radical (unpaired) electrons. The van der Waals surface area contributed by atoms with Crippen LogP contribution in [-0.2, 0) is 19.4 Å². The summed E-state index contributed by atoms with van der Waals surface area (Å²) in [5, 5.41) is 4.42. The van der Waals surface area contributed by atoms with Crippen molar-refractivity contribution in [2.24, 2.45) is 0 Å². The first-order chi connectivity index (χ1) is 9.90. The highest BCUT2D eigenvalue weighted by molar-refractivity contribution is 7.07. The summed E-state index contributed by atoms with van der Waals surface area (Å²) in [5.41, 5.74) is 5.55. The van der Waals surface area contributed by atoms with Crippen LogP contribution in [0.3, 0.4) is 0 Å². The van der Waals surface area contributed by atoms with E-state index in [4.69, 9.17) is 0 Å². The molecule has 4 rings (SSSR count). The number of rotatable bonds is 3. The van der Waals surface area contributed by atoms with Crippen molar-refractivity contribution in [2.45, 2.75) is 38.1 Å². The maximum atomic E-state index is 4.57. The molecule has 0 atom stereocenters. The lowest BCUT2D eigenvalue weighted by Gasteiger charge is -2.18. The molecular weight excluding hydrogens is 266 g/mol. The summed E-state index contributed by atoms with van der Waals surface area (Å²) in [6, 6.07) is 2.23. The Morgan fingerprint density at radius 1 is 1.20 bits per heavy atom. The van der Waals surface area contributed by atoms with Gasteiger partial charge in [0.1, 0.15) is 6.33 Å². The highest BCUT2D eigenvalue weighted by atomic mass is 32.1. The van der Waals surface area contributed by atoms with Crippen molar-refractivity contribution in [2.75, 3.05) is 13.1 Å². The molecular formula is C16H19N3S. The van der Waals surface area contributed by atoms with Crippen LogP contribution in [0.2, 0.25) is 0 Å². The van der Waals surface area contributed by atoms with E-state index in [0.717, 1.165) is 38.4 Å². The zero-order valence-corrected chi connectivity index (χ0v) is 12.4. The van der Waals surface area contributed by atoms with Gasteiger partial charge in [-0.25, -0.2) is 9.97 Å². The van der Waals surface area contributed by atoms with E-state index in [0.29, 0.717) is 0 Å². The molecule has 2 aromatic rings. The van der Waals surface area contributed by atoms with Crippen molar-refractivity contribution >= 4 is 11.3 Å². The number of hydrogen-bond acceptors (Lipinski definition) is 4. The van der Waals surface area contributed by atoms with E-state index in [1.807, 2.05) is 0 Å². The van der Waals surface area contributed by atoms with Crippen LogP contribution in [0, 0.1) is 0 Å². The lowest BCUT2D eigenvalue weighted by molar-refractivity contribution is 0.279. The molecule has 0 saturated heterocycles. The summed E-state index contributed by atoms with van der Waals surface area (Å²) in [7, 11) is 0. The first kappa shape index (κ1) is 12.5. The second-order valence-electron chi connectivity index (χ2n) is 5.87. The molecule has 20 heavy (non-hydrogen) atoms. The van der Waals surface area contributed by atoms with Gasteiger partial charge in [-0.05, 0) is 47.2 Å². The summed E-state index contributed by atoms with van der Waals surface area (Å²) in [4.78, 5) is 11.7. The first-order valence-electron chi connectivity index (χ1n) is 7.46. The van der Waals surface area contributed by atoms with E-state index >= 15 is 0 Å². The van der Waals surface area contributed by atoms with Crippen LogP contribution in [0.15, 0.2) is 23.2 Å².